The van der Waals surface area contributed by atoms with E-state index in [1.807, 2.05) is 25.1 Å². The van der Waals surface area contributed by atoms with Crippen LogP contribution in [-0.2, 0) is 4.79 Å². The van der Waals surface area contributed by atoms with E-state index in [0.29, 0.717) is 11.8 Å². The lowest BCUT2D eigenvalue weighted by Crippen LogP contribution is -2.53. The molecule has 1 aromatic rings. The molecule has 124 valence electrons. The van der Waals surface area contributed by atoms with Gasteiger partial charge in [0.15, 0.2) is 0 Å². The standard InChI is InChI=1S/C17H26N2OS.ClH/c1-13(21-14-8-4-3-5-9-14)12-19-16(20)15-10-6-7-11-17(15,2)18;/h3-5,8-9,13,15H,6-7,10-12,18H2,1-2H3,(H,19,20);1H. The van der Waals surface area contributed by atoms with Gasteiger partial charge in [0, 0.05) is 22.2 Å². The molecule has 0 aromatic heterocycles. The van der Waals surface area contributed by atoms with Crippen LogP contribution in [0.1, 0.15) is 39.5 Å². The van der Waals surface area contributed by atoms with E-state index in [4.69, 9.17) is 5.73 Å². The number of nitrogens with two attached hydrogens (primary N) is 1. The molecule has 5 heteroatoms. The Kier molecular flexibility index (Phi) is 7.74. The topological polar surface area (TPSA) is 55.1 Å². The molecule has 2 rings (SSSR count). The number of hydrogen-bond acceptors (Lipinski definition) is 3. The molecule has 3 unspecified atom stereocenters. The average Bonchev–Trinajstić information content (AvgIpc) is 2.45. The monoisotopic (exact) mass is 342 g/mol. The number of thioether (sulfide) groups is 1. The van der Waals surface area contributed by atoms with Crippen LogP contribution in [0.3, 0.4) is 0 Å². The van der Waals surface area contributed by atoms with Crippen LogP contribution < -0.4 is 11.1 Å². The zero-order valence-corrected chi connectivity index (χ0v) is 15.0. The zero-order chi connectivity index (χ0) is 15.3. The second kappa shape index (κ2) is 8.80. The highest BCUT2D eigenvalue weighted by atomic mass is 35.5. The number of carbonyl (C=O) groups excluding carboxylic acids is 1. The highest BCUT2D eigenvalue weighted by Crippen LogP contribution is 2.31. The Balaban J connectivity index is 0.00000242. The average molecular weight is 343 g/mol. The van der Waals surface area contributed by atoms with Crippen LogP contribution in [0.15, 0.2) is 35.2 Å². The van der Waals surface area contributed by atoms with E-state index in [2.05, 4.69) is 24.4 Å². The lowest BCUT2D eigenvalue weighted by atomic mass is 9.74. The summed E-state index contributed by atoms with van der Waals surface area (Å²) in [6.45, 7) is 4.84. The molecule has 0 radical (unpaired) electrons. The summed E-state index contributed by atoms with van der Waals surface area (Å²) < 4.78 is 0. The first-order valence-corrected chi connectivity index (χ1v) is 8.65. The van der Waals surface area contributed by atoms with E-state index in [-0.39, 0.29) is 29.8 Å². The van der Waals surface area contributed by atoms with Crippen molar-refractivity contribution in [1.82, 2.24) is 5.32 Å². The molecule has 0 heterocycles. The lowest BCUT2D eigenvalue weighted by molar-refractivity contribution is -0.128. The molecule has 1 saturated carbocycles. The normalized spacial score (nSPS) is 25.9. The van der Waals surface area contributed by atoms with Crippen LogP contribution >= 0.6 is 24.2 Å². The van der Waals surface area contributed by atoms with Gasteiger partial charge in [-0.05, 0) is 31.9 Å². The van der Waals surface area contributed by atoms with Gasteiger partial charge < -0.3 is 11.1 Å². The molecule has 0 bridgehead atoms. The first kappa shape index (κ1) is 19.3. The number of benzene rings is 1. The molecular weight excluding hydrogens is 316 g/mol. The van der Waals surface area contributed by atoms with E-state index in [0.717, 1.165) is 25.7 Å². The molecule has 3 nitrogen and oxygen atoms in total. The maximum Gasteiger partial charge on any atom is 0.224 e. The molecule has 0 aliphatic heterocycles. The van der Waals surface area contributed by atoms with Crippen LogP contribution in [0.4, 0.5) is 0 Å². The van der Waals surface area contributed by atoms with Crippen molar-refractivity contribution in [2.45, 2.75) is 55.2 Å². The second-order valence-corrected chi connectivity index (χ2v) is 7.80. The second-order valence-electron chi connectivity index (χ2n) is 6.29. The molecule has 3 atom stereocenters. The van der Waals surface area contributed by atoms with Crippen molar-refractivity contribution in [1.29, 1.82) is 0 Å². The van der Waals surface area contributed by atoms with Gasteiger partial charge in [-0.1, -0.05) is 38.0 Å². The molecule has 1 aliphatic rings. The molecule has 3 N–H and O–H groups in total. The van der Waals surface area contributed by atoms with Gasteiger partial charge in [0.05, 0.1) is 5.92 Å². The molecule has 0 saturated heterocycles. The van der Waals surface area contributed by atoms with Crippen molar-refractivity contribution >= 4 is 30.1 Å². The number of carbonyl (C=O) groups is 1. The molecule has 22 heavy (non-hydrogen) atoms. The Morgan fingerprint density at radius 3 is 2.73 bits per heavy atom. The fraction of sp³-hybridized carbons (Fsp3) is 0.588. The van der Waals surface area contributed by atoms with E-state index < -0.39 is 0 Å². The summed E-state index contributed by atoms with van der Waals surface area (Å²) in [6.07, 6.45) is 4.11. The SMILES string of the molecule is CC(CNC(=O)C1CCCCC1(C)N)Sc1ccccc1.Cl. The van der Waals surface area contributed by atoms with Gasteiger partial charge in [-0.3, -0.25) is 4.79 Å². The van der Waals surface area contributed by atoms with Gasteiger partial charge in [-0.25, -0.2) is 0 Å². The molecule has 1 aliphatic carbocycles. The van der Waals surface area contributed by atoms with E-state index >= 15 is 0 Å². The largest absolute Gasteiger partial charge is 0.355 e. The number of halogens is 1. The summed E-state index contributed by atoms with van der Waals surface area (Å²) in [5.41, 5.74) is 5.94. The predicted octanol–water partition coefficient (Wildman–Crippen LogP) is 3.61. The van der Waals surface area contributed by atoms with Crippen LogP contribution in [0, 0.1) is 5.92 Å². The summed E-state index contributed by atoms with van der Waals surface area (Å²) in [5, 5.41) is 3.44. The first-order chi connectivity index (χ1) is 9.99. The summed E-state index contributed by atoms with van der Waals surface area (Å²) in [5.74, 6) is 0.0837. The van der Waals surface area contributed by atoms with E-state index in [9.17, 15) is 4.79 Å². The Morgan fingerprint density at radius 2 is 2.09 bits per heavy atom. The number of rotatable bonds is 5. The summed E-state index contributed by atoms with van der Waals surface area (Å²) in [4.78, 5) is 13.6. The third-order valence-electron chi connectivity index (χ3n) is 4.22. The number of hydrogen-bond donors (Lipinski definition) is 2. The molecule has 1 fully saturated rings. The zero-order valence-electron chi connectivity index (χ0n) is 13.4. The van der Waals surface area contributed by atoms with Crippen LogP contribution in [0.2, 0.25) is 0 Å². The van der Waals surface area contributed by atoms with Crippen LogP contribution in [-0.4, -0.2) is 23.2 Å². The summed E-state index contributed by atoms with van der Waals surface area (Å²) in [6, 6.07) is 10.3. The van der Waals surface area contributed by atoms with E-state index in [1.165, 1.54) is 4.90 Å². The minimum absolute atomic E-state index is 0. The van der Waals surface area contributed by atoms with Crippen molar-refractivity contribution in [3.63, 3.8) is 0 Å². The molecule has 1 amide bonds. The Bertz CT molecular complexity index is 467. The van der Waals surface area contributed by atoms with Crippen LogP contribution in [0.25, 0.3) is 0 Å². The third kappa shape index (κ3) is 5.49. The highest BCUT2D eigenvalue weighted by molar-refractivity contribution is 8.00. The maximum absolute atomic E-state index is 12.4. The minimum Gasteiger partial charge on any atom is -0.355 e. The highest BCUT2D eigenvalue weighted by Gasteiger charge is 2.37. The quantitative estimate of drug-likeness (QED) is 0.804. The predicted molar refractivity (Wildman–Crippen MR) is 96.6 cm³/mol. The van der Waals surface area contributed by atoms with Gasteiger partial charge in [0.25, 0.3) is 0 Å². The first-order valence-electron chi connectivity index (χ1n) is 7.77. The summed E-state index contributed by atoms with van der Waals surface area (Å²) >= 11 is 1.79. The van der Waals surface area contributed by atoms with Crippen molar-refractivity contribution in [2.24, 2.45) is 11.7 Å². The van der Waals surface area contributed by atoms with Crippen molar-refractivity contribution in [3.05, 3.63) is 30.3 Å². The summed E-state index contributed by atoms with van der Waals surface area (Å²) in [7, 11) is 0. The number of nitrogens with one attached hydrogen (secondary N) is 1. The fourth-order valence-electron chi connectivity index (χ4n) is 2.93. The van der Waals surface area contributed by atoms with Crippen molar-refractivity contribution in [2.75, 3.05) is 6.54 Å². The minimum atomic E-state index is -0.349. The lowest BCUT2D eigenvalue weighted by Gasteiger charge is -2.37. The maximum atomic E-state index is 12.4. The number of amides is 1. The van der Waals surface area contributed by atoms with Crippen molar-refractivity contribution in [3.8, 4) is 0 Å². The van der Waals surface area contributed by atoms with Gasteiger partial charge in [0.2, 0.25) is 5.91 Å². The van der Waals surface area contributed by atoms with E-state index in [1.54, 1.807) is 11.8 Å². The van der Waals surface area contributed by atoms with Gasteiger partial charge >= 0.3 is 0 Å². The Hall–Kier alpha value is -0.710. The Morgan fingerprint density at radius 1 is 1.41 bits per heavy atom. The molecule has 1 aromatic carbocycles. The fourth-order valence-corrected chi connectivity index (χ4v) is 3.88. The van der Waals surface area contributed by atoms with Gasteiger partial charge in [-0.2, -0.15) is 0 Å². The van der Waals surface area contributed by atoms with Crippen LogP contribution in [0.5, 0.6) is 0 Å². The van der Waals surface area contributed by atoms with Gasteiger partial charge in [-0.15, -0.1) is 24.2 Å². The Labute approximate surface area is 144 Å². The molecular formula is C17H27ClN2OS. The third-order valence-corrected chi connectivity index (χ3v) is 5.33. The molecule has 0 spiro atoms. The van der Waals surface area contributed by atoms with Gasteiger partial charge in [0.1, 0.15) is 0 Å². The smallest absolute Gasteiger partial charge is 0.224 e. The van der Waals surface area contributed by atoms with Crippen molar-refractivity contribution < 1.29 is 4.79 Å².